The zero-order valence-electron chi connectivity index (χ0n) is 27.3. The van der Waals surface area contributed by atoms with Crippen LogP contribution >= 0.6 is 11.3 Å². The second-order valence-corrected chi connectivity index (χ2v) is 18.6. The monoisotopic (exact) mass is 621 g/mol. The van der Waals surface area contributed by atoms with Crippen LogP contribution in [0.1, 0.15) is 91.8 Å². The van der Waals surface area contributed by atoms with Crippen LogP contribution in [-0.4, -0.2) is 60.2 Å². The largest absolute Gasteiger partial charge is 0.455 e. The minimum atomic E-state index is -2.01. The van der Waals surface area contributed by atoms with Crippen LogP contribution < -0.4 is 0 Å². The Labute approximate surface area is 258 Å². The van der Waals surface area contributed by atoms with Crippen molar-refractivity contribution < 1.29 is 29.0 Å². The van der Waals surface area contributed by atoms with Gasteiger partial charge in [-0.15, -0.1) is 11.3 Å². The molecule has 2 rings (SSSR count). The highest BCUT2D eigenvalue weighted by molar-refractivity contribution is 7.09. The average Bonchev–Trinajstić information content (AvgIpc) is 3.37. The summed E-state index contributed by atoms with van der Waals surface area (Å²) in [6, 6.07) is 2.99. The molecule has 42 heavy (non-hydrogen) atoms. The Bertz CT molecular complexity index is 1070. The lowest BCUT2D eigenvalue weighted by molar-refractivity contribution is -0.143. The highest BCUT2D eigenvalue weighted by Crippen LogP contribution is 2.35. The van der Waals surface area contributed by atoms with E-state index in [1.165, 1.54) is 17.4 Å². The number of aryl methyl sites for hydroxylation is 1. The summed E-state index contributed by atoms with van der Waals surface area (Å²) < 4.78 is 12.9. The molecule has 0 saturated heterocycles. The van der Waals surface area contributed by atoms with Gasteiger partial charge >= 0.3 is 5.97 Å². The van der Waals surface area contributed by atoms with E-state index in [-0.39, 0.29) is 42.7 Å². The van der Waals surface area contributed by atoms with Crippen LogP contribution in [0.4, 0.5) is 0 Å². The molecule has 0 amide bonds. The molecule has 1 aromatic rings. The highest BCUT2D eigenvalue weighted by Gasteiger charge is 2.41. The number of allylic oxidation sites excluding steroid dienone is 1. The van der Waals surface area contributed by atoms with Gasteiger partial charge < -0.3 is 19.4 Å². The maximum absolute atomic E-state index is 13.9. The maximum Gasteiger partial charge on any atom is 0.331 e. The Morgan fingerprint density at radius 1 is 1.19 bits per heavy atom. The second-order valence-electron chi connectivity index (χ2n) is 12.8. The Morgan fingerprint density at radius 2 is 1.83 bits per heavy atom. The van der Waals surface area contributed by atoms with Crippen molar-refractivity contribution in [1.29, 1.82) is 0 Å². The molecule has 1 aliphatic heterocycles. The number of hydrogen-bond acceptors (Lipinski definition) is 8. The van der Waals surface area contributed by atoms with Crippen LogP contribution in [0.2, 0.25) is 18.1 Å². The molecule has 0 aromatic carbocycles. The first-order valence-electron chi connectivity index (χ1n) is 15.7. The SMILES string of the molecule is CC[Si](CC)(CC)O[C@H]1[C@@H](C)CCCC(CO)[C@@H](O)C[C@@H](C(C)=Cc2csc(C)n2)OC(=O)C=CC(C)(C)C(=O)[C@@H]1C. The number of rotatable bonds is 8. The predicted molar refractivity (Wildman–Crippen MR) is 174 cm³/mol. The molecule has 0 radical (unpaired) electrons. The standard InChI is InChI=1S/C33H55NO6SSi/c1-10-42(11-2,12-3)40-31-22(4)14-13-15-26(20-35)28(36)19-29(23(5)18-27-21-41-25(7)34-27)39-30(37)16-17-33(8,9)32(38)24(31)6/h16-18,21-22,24,26,28-29,31,35-36H,10-15,19-20H2,1-9H3/t22-,24+,26?,28-,29-,31-/m0/s1. The van der Waals surface area contributed by atoms with E-state index < -0.39 is 31.9 Å². The van der Waals surface area contributed by atoms with Gasteiger partial charge in [0.2, 0.25) is 0 Å². The number of aliphatic hydroxyl groups excluding tert-OH is 2. The first-order valence-corrected chi connectivity index (χ1v) is 19.1. The first kappa shape index (κ1) is 36.5. The highest BCUT2D eigenvalue weighted by atomic mass is 32.1. The van der Waals surface area contributed by atoms with E-state index in [0.29, 0.717) is 6.42 Å². The number of carbonyl (C=O) groups excluding carboxylic acids is 2. The summed E-state index contributed by atoms with van der Waals surface area (Å²) in [5, 5.41) is 24.3. The van der Waals surface area contributed by atoms with E-state index >= 15 is 0 Å². The van der Waals surface area contributed by atoms with Crippen molar-refractivity contribution in [1.82, 2.24) is 4.98 Å². The van der Waals surface area contributed by atoms with Gasteiger partial charge in [-0.2, -0.15) is 0 Å². The van der Waals surface area contributed by atoms with Crippen LogP contribution in [-0.2, 0) is 18.8 Å². The quantitative estimate of drug-likeness (QED) is 0.235. The molecule has 1 aliphatic rings. The van der Waals surface area contributed by atoms with E-state index in [4.69, 9.17) is 9.16 Å². The van der Waals surface area contributed by atoms with E-state index in [2.05, 4.69) is 32.7 Å². The summed E-state index contributed by atoms with van der Waals surface area (Å²) in [7, 11) is -2.01. The fourth-order valence-corrected chi connectivity index (χ4v) is 9.64. The van der Waals surface area contributed by atoms with Crippen LogP contribution in [0.15, 0.2) is 23.1 Å². The minimum absolute atomic E-state index is 0.0388. The lowest BCUT2D eigenvalue weighted by Gasteiger charge is -2.40. The molecule has 0 aliphatic carbocycles. The van der Waals surface area contributed by atoms with Gasteiger partial charge in [0.15, 0.2) is 8.32 Å². The third-order valence-electron chi connectivity index (χ3n) is 9.30. The molecule has 9 heteroatoms. The molecule has 6 atom stereocenters. The molecule has 1 aromatic heterocycles. The van der Waals surface area contributed by atoms with Gasteiger partial charge in [0.05, 0.1) is 22.9 Å². The molecular weight excluding hydrogens is 567 g/mol. The molecule has 0 fully saturated rings. The number of thiazole rings is 1. The number of ether oxygens (including phenoxy) is 1. The summed E-state index contributed by atoms with van der Waals surface area (Å²) in [6.07, 6.45) is 5.43. The van der Waals surface area contributed by atoms with Crippen LogP contribution in [0.5, 0.6) is 0 Å². The maximum atomic E-state index is 13.9. The lowest BCUT2D eigenvalue weighted by Crippen LogP contribution is -2.48. The number of hydrogen-bond donors (Lipinski definition) is 2. The van der Waals surface area contributed by atoms with Gasteiger partial charge in [-0.3, -0.25) is 4.79 Å². The van der Waals surface area contributed by atoms with Crippen molar-refractivity contribution >= 4 is 37.5 Å². The number of ketones is 1. The van der Waals surface area contributed by atoms with Crippen molar-refractivity contribution in [3.63, 3.8) is 0 Å². The Balaban J connectivity index is 2.47. The summed E-state index contributed by atoms with van der Waals surface area (Å²) >= 11 is 1.54. The zero-order chi connectivity index (χ0) is 31.7. The topological polar surface area (TPSA) is 106 Å². The zero-order valence-corrected chi connectivity index (χ0v) is 29.1. The molecule has 0 spiro atoms. The lowest BCUT2D eigenvalue weighted by atomic mass is 9.76. The molecule has 2 N–H and O–H groups in total. The Kier molecular flexibility index (Phi) is 14.3. The third-order valence-corrected chi connectivity index (χ3v) is 14.7. The number of esters is 1. The van der Waals surface area contributed by atoms with Crippen molar-refractivity contribution in [3.05, 3.63) is 33.8 Å². The number of Topliss-reactive ketones (excluding diaryl/α,β-unsaturated/α-hetero) is 1. The number of carbonyl (C=O) groups is 2. The van der Waals surface area contributed by atoms with E-state index in [1.807, 2.05) is 46.1 Å². The Morgan fingerprint density at radius 3 is 2.38 bits per heavy atom. The van der Waals surface area contributed by atoms with Gasteiger partial charge in [-0.05, 0) is 76.2 Å². The fourth-order valence-electron chi connectivity index (χ4n) is 6.06. The third kappa shape index (κ3) is 9.94. The smallest absolute Gasteiger partial charge is 0.331 e. The van der Waals surface area contributed by atoms with Gasteiger partial charge in [0.25, 0.3) is 0 Å². The molecule has 2 heterocycles. The first-order chi connectivity index (χ1) is 19.7. The van der Waals surface area contributed by atoms with Crippen molar-refractivity contribution in [2.45, 2.75) is 124 Å². The van der Waals surface area contributed by atoms with E-state index in [1.54, 1.807) is 6.08 Å². The van der Waals surface area contributed by atoms with E-state index in [9.17, 15) is 19.8 Å². The van der Waals surface area contributed by atoms with Gasteiger partial charge in [-0.25, -0.2) is 9.78 Å². The van der Waals surface area contributed by atoms with Gasteiger partial charge in [-0.1, -0.05) is 47.1 Å². The normalized spacial score (nSPS) is 29.0. The van der Waals surface area contributed by atoms with Gasteiger partial charge in [0, 0.05) is 41.7 Å². The predicted octanol–water partition coefficient (Wildman–Crippen LogP) is 7.12. The van der Waals surface area contributed by atoms with Crippen LogP contribution in [0, 0.1) is 30.1 Å². The molecule has 1 unspecified atom stereocenters. The van der Waals surface area contributed by atoms with Gasteiger partial charge in [0.1, 0.15) is 11.9 Å². The van der Waals surface area contributed by atoms with Crippen molar-refractivity contribution in [3.8, 4) is 0 Å². The molecule has 7 nitrogen and oxygen atoms in total. The fraction of sp³-hybridized carbons (Fsp3) is 0.727. The molecular formula is C33H55NO6SSi. The second kappa shape index (κ2) is 16.4. The number of nitrogens with zero attached hydrogens (tertiary/aromatic N) is 1. The van der Waals surface area contributed by atoms with Crippen LogP contribution in [0.3, 0.4) is 0 Å². The average molecular weight is 622 g/mol. The van der Waals surface area contributed by atoms with Crippen molar-refractivity contribution in [2.75, 3.05) is 6.61 Å². The molecule has 0 saturated carbocycles. The summed E-state index contributed by atoms with van der Waals surface area (Å²) in [5.41, 5.74) is 0.632. The minimum Gasteiger partial charge on any atom is -0.455 e. The number of aliphatic hydroxyl groups is 2. The van der Waals surface area contributed by atoms with Crippen LogP contribution in [0.25, 0.3) is 6.08 Å². The number of aromatic nitrogens is 1. The summed E-state index contributed by atoms with van der Waals surface area (Å²) in [5.74, 6) is -1.14. The molecule has 0 bridgehead atoms. The van der Waals surface area contributed by atoms with E-state index in [0.717, 1.165) is 47.2 Å². The van der Waals surface area contributed by atoms with Crippen molar-refractivity contribution in [2.24, 2.45) is 23.2 Å². The summed E-state index contributed by atoms with van der Waals surface area (Å²) in [4.78, 5) is 31.5. The Hall–Kier alpha value is -1.65. The molecule has 238 valence electrons. The summed E-state index contributed by atoms with van der Waals surface area (Å²) in [6.45, 7) is 18.0. The number of cyclic esters (lactones) is 1.